The van der Waals surface area contributed by atoms with Gasteiger partial charge in [0.15, 0.2) is 0 Å². The summed E-state index contributed by atoms with van der Waals surface area (Å²) in [4.78, 5) is 10.6. The molecule has 2 atom stereocenters. The fraction of sp³-hybridized carbons (Fsp3) is 0.300. The Bertz CT molecular complexity index is 396. The fourth-order valence-corrected chi connectivity index (χ4v) is 1.78. The van der Waals surface area contributed by atoms with E-state index >= 15 is 0 Å². The van der Waals surface area contributed by atoms with Crippen molar-refractivity contribution in [1.29, 1.82) is 0 Å². The third kappa shape index (κ3) is 3.01. The van der Waals surface area contributed by atoms with Crippen molar-refractivity contribution >= 4 is 29.3 Å². The number of aliphatic hydroxyl groups is 1. The van der Waals surface area contributed by atoms with Gasteiger partial charge in [-0.1, -0.05) is 35.3 Å². The summed E-state index contributed by atoms with van der Waals surface area (Å²) in [5.41, 5.74) is 0.451. The second-order valence-electron chi connectivity index (χ2n) is 3.31. The standard InChI is InChI=1S/C10H11Cl2NO3/c1-5(14)9(13-10(15)16)6-3-2-4-7(11)8(6)12/h2-5,9,13-14H,1H3,(H,15,16). The first-order chi connectivity index (χ1) is 7.43. The van der Waals surface area contributed by atoms with E-state index in [0.29, 0.717) is 10.6 Å². The predicted octanol–water partition coefficient (Wildman–Crippen LogP) is 2.68. The number of carbonyl (C=O) groups is 1. The van der Waals surface area contributed by atoms with Gasteiger partial charge in [-0.25, -0.2) is 4.79 Å². The molecule has 0 heterocycles. The highest BCUT2D eigenvalue weighted by Gasteiger charge is 2.22. The molecular weight excluding hydrogens is 253 g/mol. The molecule has 0 aliphatic carbocycles. The second-order valence-corrected chi connectivity index (χ2v) is 4.10. The molecule has 1 aromatic rings. The molecule has 0 radical (unpaired) electrons. The molecule has 0 aromatic heterocycles. The van der Waals surface area contributed by atoms with Gasteiger partial charge < -0.3 is 15.5 Å². The number of carboxylic acid groups (broad SMARTS) is 1. The Kier molecular flexibility index (Phi) is 4.41. The zero-order valence-corrected chi connectivity index (χ0v) is 9.96. The molecule has 0 spiro atoms. The SMILES string of the molecule is CC(O)C(NC(=O)O)c1cccc(Cl)c1Cl. The van der Waals surface area contributed by atoms with Crippen molar-refractivity contribution in [2.75, 3.05) is 0 Å². The zero-order valence-electron chi connectivity index (χ0n) is 8.45. The molecule has 6 heteroatoms. The summed E-state index contributed by atoms with van der Waals surface area (Å²) in [6, 6.07) is 4.04. The summed E-state index contributed by atoms with van der Waals surface area (Å²) in [6.07, 6.45) is -2.14. The maximum absolute atomic E-state index is 10.6. The number of rotatable bonds is 3. The van der Waals surface area contributed by atoms with Crippen LogP contribution in [0.4, 0.5) is 4.79 Å². The highest BCUT2D eigenvalue weighted by atomic mass is 35.5. The average molecular weight is 264 g/mol. The van der Waals surface area contributed by atoms with Gasteiger partial charge in [-0.3, -0.25) is 0 Å². The smallest absolute Gasteiger partial charge is 0.405 e. The highest BCUT2D eigenvalue weighted by molar-refractivity contribution is 6.42. The first-order valence-corrected chi connectivity index (χ1v) is 5.30. The first-order valence-electron chi connectivity index (χ1n) is 4.55. The van der Waals surface area contributed by atoms with Crippen LogP contribution in [-0.4, -0.2) is 22.4 Å². The maximum Gasteiger partial charge on any atom is 0.405 e. The Morgan fingerprint density at radius 1 is 1.44 bits per heavy atom. The van der Waals surface area contributed by atoms with Crippen LogP contribution >= 0.6 is 23.2 Å². The minimum Gasteiger partial charge on any atom is -0.465 e. The van der Waals surface area contributed by atoms with E-state index in [4.69, 9.17) is 28.3 Å². The van der Waals surface area contributed by atoms with E-state index in [1.165, 1.54) is 6.92 Å². The number of nitrogens with one attached hydrogen (secondary N) is 1. The molecule has 0 saturated carbocycles. The molecule has 0 aliphatic heterocycles. The largest absolute Gasteiger partial charge is 0.465 e. The van der Waals surface area contributed by atoms with Gasteiger partial charge in [-0.15, -0.1) is 0 Å². The number of halogens is 2. The third-order valence-corrected chi connectivity index (χ3v) is 2.91. The molecule has 2 unspecified atom stereocenters. The van der Waals surface area contributed by atoms with Gasteiger partial charge in [-0.05, 0) is 18.6 Å². The Balaban J connectivity index is 3.10. The van der Waals surface area contributed by atoms with Crippen LogP contribution in [0.15, 0.2) is 18.2 Å². The van der Waals surface area contributed by atoms with Gasteiger partial charge in [0.25, 0.3) is 0 Å². The predicted molar refractivity (Wildman–Crippen MR) is 62.0 cm³/mol. The first kappa shape index (κ1) is 13.1. The molecule has 3 N–H and O–H groups in total. The van der Waals surface area contributed by atoms with Gasteiger partial charge in [0.2, 0.25) is 0 Å². The molecule has 1 amide bonds. The molecule has 1 aromatic carbocycles. The van der Waals surface area contributed by atoms with Crippen molar-refractivity contribution < 1.29 is 15.0 Å². The third-order valence-electron chi connectivity index (χ3n) is 2.08. The van der Waals surface area contributed by atoms with E-state index in [1.807, 2.05) is 0 Å². The quantitative estimate of drug-likeness (QED) is 0.786. The summed E-state index contributed by atoms with van der Waals surface area (Å²) in [5.74, 6) is 0. The molecule has 88 valence electrons. The van der Waals surface area contributed by atoms with E-state index in [2.05, 4.69) is 5.32 Å². The molecular formula is C10H11Cl2NO3. The Labute approximate surface area is 103 Å². The van der Waals surface area contributed by atoms with E-state index in [0.717, 1.165) is 0 Å². The van der Waals surface area contributed by atoms with Gasteiger partial charge in [0, 0.05) is 0 Å². The van der Waals surface area contributed by atoms with E-state index < -0.39 is 18.2 Å². The van der Waals surface area contributed by atoms with Gasteiger partial charge in [0.1, 0.15) is 0 Å². The summed E-state index contributed by atoms with van der Waals surface area (Å²) in [7, 11) is 0. The van der Waals surface area contributed by atoms with Crippen molar-refractivity contribution in [1.82, 2.24) is 5.32 Å². The summed E-state index contributed by atoms with van der Waals surface area (Å²) < 4.78 is 0. The summed E-state index contributed by atoms with van der Waals surface area (Å²) in [5, 5.41) is 20.9. The van der Waals surface area contributed by atoms with Crippen molar-refractivity contribution in [2.24, 2.45) is 0 Å². The van der Waals surface area contributed by atoms with Crippen LogP contribution < -0.4 is 5.32 Å². The molecule has 0 fully saturated rings. The lowest BCUT2D eigenvalue weighted by molar-refractivity contribution is 0.133. The van der Waals surface area contributed by atoms with Gasteiger partial charge in [0.05, 0.1) is 22.2 Å². The van der Waals surface area contributed by atoms with E-state index in [9.17, 15) is 9.90 Å². The minimum atomic E-state index is -1.23. The number of benzene rings is 1. The van der Waals surface area contributed by atoms with Crippen molar-refractivity contribution in [3.8, 4) is 0 Å². The molecule has 4 nitrogen and oxygen atoms in total. The maximum atomic E-state index is 10.6. The minimum absolute atomic E-state index is 0.240. The molecule has 16 heavy (non-hydrogen) atoms. The second kappa shape index (κ2) is 5.39. The van der Waals surface area contributed by atoms with Gasteiger partial charge in [-0.2, -0.15) is 0 Å². The monoisotopic (exact) mass is 263 g/mol. The number of hydrogen-bond acceptors (Lipinski definition) is 2. The molecule has 0 bridgehead atoms. The van der Waals surface area contributed by atoms with Crippen LogP contribution in [0.2, 0.25) is 10.0 Å². The lowest BCUT2D eigenvalue weighted by atomic mass is 10.0. The lowest BCUT2D eigenvalue weighted by Crippen LogP contribution is -2.34. The van der Waals surface area contributed by atoms with Crippen LogP contribution in [0.5, 0.6) is 0 Å². The fourth-order valence-electron chi connectivity index (χ4n) is 1.35. The average Bonchev–Trinajstić information content (AvgIpc) is 2.18. The number of aliphatic hydroxyl groups excluding tert-OH is 1. The van der Waals surface area contributed by atoms with Gasteiger partial charge >= 0.3 is 6.09 Å². The summed E-state index contributed by atoms with van der Waals surface area (Å²) in [6.45, 7) is 1.47. The number of amides is 1. The zero-order chi connectivity index (χ0) is 12.3. The normalized spacial score (nSPS) is 14.2. The van der Waals surface area contributed by atoms with Crippen LogP contribution in [0, 0.1) is 0 Å². The Morgan fingerprint density at radius 2 is 2.06 bits per heavy atom. The van der Waals surface area contributed by atoms with Crippen LogP contribution in [0.3, 0.4) is 0 Å². The van der Waals surface area contributed by atoms with Crippen LogP contribution in [0.1, 0.15) is 18.5 Å². The van der Waals surface area contributed by atoms with Crippen molar-refractivity contribution in [3.63, 3.8) is 0 Å². The molecule has 0 saturated heterocycles. The van der Waals surface area contributed by atoms with E-state index in [1.54, 1.807) is 18.2 Å². The highest BCUT2D eigenvalue weighted by Crippen LogP contribution is 2.31. The topological polar surface area (TPSA) is 69.6 Å². The Hall–Kier alpha value is -0.970. The lowest BCUT2D eigenvalue weighted by Gasteiger charge is -2.21. The summed E-state index contributed by atoms with van der Waals surface area (Å²) >= 11 is 11.7. The Morgan fingerprint density at radius 3 is 2.56 bits per heavy atom. The molecule has 1 rings (SSSR count). The van der Waals surface area contributed by atoms with Crippen LogP contribution in [0.25, 0.3) is 0 Å². The molecule has 0 aliphatic rings. The van der Waals surface area contributed by atoms with Crippen molar-refractivity contribution in [3.05, 3.63) is 33.8 Å². The van der Waals surface area contributed by atoms with Crippen molar-refractivity contribution in [2.45, 2.75) is 19.1 Å². The van der Waals surface area contributed by atoms with E-state index in [-0.39, 0.29) is 5.02 Å². The van der Waals surface area contributed by atoms with Crippen LogP contribution in [-0.2, 0) is 0 Å². The number of hydrogen-bond donors (Lipinski definition) is 3.